The maximum Gasteiger partial charge on any atom is 0.360 e. The van der Waals surface area contributed by atoms with Crippen molar-refractivity contribution < 1.29 is 15.2 Å². The fourth-order valence-electron chi connectivity index (χ4n) is 0.498. The zero-order valence-electron chi connectivity index (χ0n) is 8.60. The number of nitrogens with two attached hydrogens (primary N) is 3. The first-order valence-electron chi connectivity index (χ1n) is 3.89. The summed E-state index contributed by atoms with van der Waals surface area (Å²) in [4.78, 5) is 22.9. The topological polar surface area (TPSA) is 242 Å². The number of hydrazone groups is 1. The fourth-order valence-corrected chi connectivity index (χ4v) is 0.498. The molecule has 0 aliphatic rings. The van der Waals surface area contributed by atoms with E-state index >= 15 is 0 Å². The minimum absolute atomic E-state index is 0.0324. The first-order chi connectivity index (χ1) is 8.35. The monoisotopic (exact) mass is 263 g/mol. The summed E-state index contributed by atoms with van der Waals surface area (Å²) in [7, 11) is 0. The minimum atomic E-state index is -0.910. The van der Waals surface area contributed by atoms with Crippen molar-refractivity contribution in [2.75, 3.05) is 10.9 Å². The van der Waals surface area contributed by atoms with Gasteiger partial charge in [0.2, 0.25) is 0 Å². The molecule has 0 aromatic carbocycles. The largest absolute Gasteiger partial charge is 0.360 e. The second kappa shape index (κ2) is 6.98. The average molecular weight is 263 g/mol. The molecule has 18 heavy (non-hydrogen) atoms. The third-order valence-corrected chi connectivity index (χ3v) is 1.00. The van der Waals surface area contributed by atoms with E-state index in [1.54, 1.807) is 10.9 Å². The molecule has 1 rings (SSSR count). The van der Waals surface area contributed by atoms with Crippen LogP contribution in [0.15, 0.2) is 0 Å². The van der Waals surface area contributed by atoms with Gasteiger partial charge in [0.25, 0.3) is 0 Å². The molecule has 0 amide bonds. The van der Waals surface area contributed by atoms with E-state index in [-0.39, 0.29) is 5.96 Å². The highest BCUT2D eigenvalue weighted by Crippen LogP contribution is 1.99. The molecule has 0 unspecified atom stereocenters. The van der Waals surface area contributed by atoms with Gasteiger partial charge in [0, 0.05) is 0 Å². The molecule has 0 saturated carbocycles. The highest BCUT2D eigenvalue weighted by molar-refractivity contribution is 5.68. The molecule has 1 aromatic rings. The SMILES string of the molecule is N[NH+]=C(N)N.O=[N+]([O-])Nc1nnc(N[N+](=O)[O-])[n-]1. The van der Waals surface area contributed by atoms with Crippen molar-refractivity contribution in [2.45, 2.75) is 0 Å². The molecule has 0 bridgehead atoms. The van der Waals surface area contributed by atoms with Crippen molar-refractivity contribution in [3.63, 3.8) is 0 Å². The van der Waals surface area contributed by atoms with Crippen LogP contribution in [0.25, 0.3) is 0 Å². The number of rotatable bonds is 4. The minimum Gasteiger partial charge on any atom is -0.296 e. The third-order valence-electron chi connectivity index (χ3n) is 1.00. The number of hydrogen-bond acceptors (Lipinski definition) is 7. The standard InChI is InChI=1S/C2H2N7O4.CH6N4/c10-8(11)6-1-3-2(5-4-1)7-9(12)13;2-1(3)5-4/h(H2-,3,4,5,6,7);4H2,(H4,2,3,5)/q-1;/p+1. The summed E-state index contributed by atoms with van der Waals surface area (Å²) in [5, 5.41) is 26.1. The summed E-state index contributed by atoms with van der Waals surface area (Å²) < 4.78 is 0. The van der Waals surface area contributed by atoms with Gasteiger partial charge >= 0.3 is 5.96 Å². The number of aromatic nitrogens is 3. The van der Waals surface area contributed by atoms with Crippen LogP contribution >= 0.6 is 0 Å². The van der Waals surface area contributed by atoms with Gasteiger partial charge in [-0.25, -0.2) is 30.4 Å². The molecule has 1 heterocycles. The van der Waals surface area contributed by atoms with E-state index in [1.807, 2.05) is 5.10 Å². The van der Waals surface area contributed by atoms with Crippen molar-refractivity contribution in [1.29, 1.82) is 0 Å². The van der Waals surface area contributed by atoms with Gasteiger partial charge in [-0.15, -0.1) is 10.9 Å². The first kappa shape index (κ1) is 14.6. The molecule has 0 spiro atoms. The predicted molar refractivity (Wildman–Crippen MR) is 55.1 cm³/mol. The van der Waals surface area contributed by atoms with Gasteiger partial charge in [0.15, 0.2) is 11.9 Å². The van der Waals surface area contributed by atoms with Crippen LogP contribution in [-0.2, 0) is 0 Å². The Balaban J connectivity index is 0.000000494. The van der Waals surface area contributed by atoms with E-state index in [9.17, 15) is 20.2 Å². The third kappa shape index (κ3) is 6.98. The van der Waals surface area contributed by atoms with Gasteiger partial charge in [-0.05, 0) is 0 Å². The van der Waals surface area contributed by atoms with Crippen LogP contribution in [-0.4, -0.2) is 26.2 Å². The molecule has 15 heteroatoms. The zero-order valence-corrected chi connectivity index (χ0v) is 8.60. The molecule has 15 nitrogen and oxygen atoms in total. The van der Waals surface area contributed by atoms with E-state index < -0.39 is 22.0 Å². The van der Waals surface area contributed by atoms with Gasteiger partial charge in [-0.3, -0.25) is 22.3 Å². The second-order valence-corrected chi connectivity index (χ2v) is 2.30. The summed E-state index contributed by atoms with van der Waals surface area (Å²) in [6, 6.07) is 0. The number of hydrogen-bond donors (Lipinski definition) is 6. The second-order valence-electron chi connectivity index (χ2n) is 2.30. The van der Waals surface area contributed by atoms with Gasteiger partial charge < -0.3 is 0 Å². The van der Waals surface area contributed by atoms with E-state index in [4.69, 9.17) is 11.5 Å². The summed E-state index contributed by atoms with van der Waals surface area (Å²) in [5.74, 6) is 3.82. The summed E-state index contributed by atoms with van der Waals surface area (Å²) in [6.07, 6.45) is 0. The Morgan fingerprint density at radius 1 is 1.17 bits per heavy atom. The maximum absolute atomic E-state index is 9.83. The summed E-state index contributed by atoms with van der Waals surface area (Å²) in [5.41, 5.74) is 12.6. The van der Waals surface area contributed by atoms with Gasteiger partial charge in [0.1, 0.15) is 10.1 Å². The van der Waals surface area contributed by atoms with Gasteiger partial charge in [-0.1, -0.05) is 0 Å². The lowest BCUT2D eigenvalue weighted by Crippen LogP contribution is -2.84. The quantitative estimate of drug-likeness (QED) is 0.0980. The Labute approximate surface area is 97.7 Å². The predicted octanol–water partition coefficient (Wildman–Crippen LogP) is -5.14. The molecular formula is C3H9N11O4. The Hall–Kier alpha value is -3.39. The van der Waals surface area contributed by atoms with E-state index in [0.29, 0.717) is 0 Å². The number of guanidine groups is 1. The highest BCUT2D eigenvalue weighted by atomic mass is 16.7. The lowest BCUT2D eigenvalue weighted by Gasteiger charge is -1.93. The van der Waals surface area contributed by atoms with Gasteiger partial charge in [0.05, 0.1) is 0 Å². The lowest BCUT2D eigenvalue weighted by molar-refractivity contribution is -0.471. The smallest absolute Gasteiger partial charge is 0.296 e. The number of anilines is 2. The number of nitrogens with one attached hydrogen (secondary N) is 3. The Kier molecular flexibility index (Phi) is 5.66. The van der Waals surface area contributed by atoms with E-state index in [1.165, 1.54) is 0 Å². The number of nitrogens with zero attached hydrogens (tertiary/aromatic N) is 5. The normalized spacial score (nSPS) is 8.44. The highest BCUT2D eigenvalue weighted by Gasteiger charge is 2.01. The molecule has 0 saturated heterocycles. The Bertz CT molecular complexity index is 403. The Morgan fingerprint density at radius 2 is 1.50 bits per heavy atom. The molecule has 9 N–H and O–H groups in total. The average Bonchev–Trinajstić information content (AvgIpc) is 2.64. The van der Waals surface area contributed by atoms with E-state index in [2.05, 4.69) is 21.0 Å². The molecule has 1 aromatic heterocycles. The lowest BCUT2D eigenvalue weighted by atomic mass is 11.0. The molecule has 0 aliphatic heterocycles. The maximum atomic E-state index is 9.83. The van der Waals surface area contributed by atoms with E-state index in [0.717, 1.165) is 0 Å². The van der Waals surface area contributed by atoms with Crippen molar-refractivity contribution in [2.24, 2.45) is 17.3 Å². The van der Waals surface area contributed by atoms with Crippen LogP contribution in [0.4, 0.5) is 11.9 Å². The molecule has 0 fully saturated rings. The van der Waals surface area contributed by atoms with Crippen LogP contribution in [0.2, 0.25) is 0 Å². The molecule has 0 aliphatic carbocycles. The molecule has 100 valence electrons. The van der Waals surface area contributed by atoms with Crippen LogP contribution in [0.5, 0.6) is 0 Å². The molecule has 0 radical (unpaired) electrons. The first-order valence-corrected chi connectivity index (χ1v) is 3.89. The van der Waals surface area contributed by atoms with Gasteiger partial charge in [-0.2, -0.15) is 5.10 Å². The van der Waals surface area contributed by atoms with Crippen molar-refractivity contribution in [3.8, 4) is 0 Å². The fraction of sp³-hybridized carbons (Fsp3) is 0. The molecule has 0 atom stereocenters. The zero-order chi connectivity index (χ0) is 14.1. The summed E-state index contributed by atoms with van der Waals surface area (Å²) >= 11 is 0. The van der Waals surface area contributed by atoms with Crippen LogP contribution in [0.1, 0.15) is 0 Å². The van der Waals surface area contributed by atoms with Crippen molar-refractivity contribution >= 4 is 17.9 Å². The summed E-state index contributed by atoms with van der Waals surface area (Å²) in [6.45, 7) is 0. The van der Waals surface area contributed by atoms with Crippen LogP contribution in [0, 0.1) is 20.2 Å². The van der Waals surface area contributed by atoms with Crippen molar-refractivity contribution in [1.82, 2.24) is 15.2 Å². The van der Waals surface area contributed by atoms with Crippen molar-refractivity contribution in [3.05, 3.63) is 20.2 Å². The van der Waals surface area contributed by atoms with Crippen LogP contribution < -0.4 is 38.2 Å². The Morgan fingerprint density at radius 3 is 1.72 bits per heavy atom. The molecular weight excluding hydrogens is 254 g/mol. The number of hydrazine groups is 3. The number of nitro groups is 2. The van der Waals surface area contributed by atoms with Crippen LogP contribution in [0.3, 0.4) is 0 Å².